The molecular weight excluding hydrogens is 437 g/mol. The molecule has 0 spiro atoms. The Kier molecular flexibility index (Phi) is 5.06. The van der Waals surface area contributed by atoms with Crippen LogP contribution in [0.3, 0.4) is 0 Å². The Morgan fingerprint density at radius 1 is 1.22 bits per heavy atom. The molecule has 2 aliphatic heterocycles. The molecule has 1 aromatic heterocycles. The number of methoxy groups -OCH3 is 1. The van der Waals surface area contributed by atoms with Gasteiger partial charge in [-0.25, -0.2) is 18.9 Å². The molecule has 0 radical (unpaired) electrons. The van der Waals surface area contributed by atoms with Gasteiger partial charge in [-0.3, -0.25) is 4.90 Å². The SMILES string of the molecule is COc1cc(-c2cc(F)c3c(c2NC(=O)NS(=O)(=O)N2CC4C2CN4C)CCC3)ccn1. The predicted molar refractivity (Wildman–Crippen MR) is 116 cm³/mol. The van der Waals surface area contributed by atoms with Crippen LogP contribution in [0.15, 0.2) is 24.4 Å². The van der Waals surface area contributed by atoms with Crippen molar-refractivity contribution in [1.82, 2.24) is 18.9 Å². The second-order valence-corrected chi connectivity index (χ2v) is 10.0. The molecule has 0 saturated carbocycles. The van der Waals surface area contributed by atoms with Crippen molar-refractivity contribution in [3.05, 3.63) is 41.3 Å². The first-order valence-corrected chi connectivity index (χ1v) is 11.9. The fourth-order valence-corrected chi connectivity index (χ4v) is 6.13. The molecule has 32 heavy (non-hydrogen) atoms. The van der Waals surface area contributed by atoms with E-state index in [1.54, 1.807) is 12.1 Å². The van der Waals surface area contributed by atoms with Gasteiger partial charge in [-0.2, -0.15) is 12.7 Å². The standard InChI is InChI=1S/C21H24FN5O4S/c1-26-10-18-17(26)11-27(18)32(29,30)25-21(28)24-20-14-5-3-4-13(14)16(22)9-15(20)12-6-7-23-19(8-12)31-2/h6-9,17-18H,3-5,10-11H2,1-2H3,(H2,24,25,28). The first kappa shape index (κ1) is 21.1. The van der Waals surface area contributed by atoms with Gasteiger partial charge in [0.15, 0.2) is 0 Å². The van der Waals surface area contributed by atoms with Gasteiger partial charge in [-0.1, -0.05) is 0 Å². The first-order valence-electron chi connectivity index (χ1n) is 10.4. The number of amides is 2. The minimum atomic E-state index is -3.97. The number of urea groups is 1. The van der Waals surface area contributed by atoms with Gasteiger partial charge < -0.3 is 10.1 Å². The maximum Gasteiger partial charge on any atom is 0.333 e. The second kappa shape index (κ2) is 7.68. The molecule has 5 rings (SSSR count). The van der Waals surface area contributed by atoms with E-state index in [0.29, 0.717) is 59.8 Å². The molecule has 1 aliphatic carbocycles. The number of piperazine rings is 1. The van der Waals surface area contributed by atoms with E-state index in [1.807, 2.05) is 7.05 Å². The van der Waals surface area contributed by atoms with Crippen LogP contribution < -0.4 is 14.8 Å². The number of hydrogen-bond donors (Lipinski definition) is 2. The van der Waals surface area contributed by atoms with E-state index in [-0.39, 0.29) is 17.9 Å². The van der Waals surface area contributed by atoms with Crippen molar-refractivity contribution in [3.8, 4) is 17.0 Å². The zero-order chi connectivity index (χ0) is 22.6. The molecule has 2 aromatic rings. The van der Waals surface area contributed by atoms with Gasteiger partial charge in [0.25, 0.3) is 0 Å². The molecule has 170 valence electrons. The molecule has 2 N–H and O–H groups in total. The molecule has 9 nitrogen and oxygen atoms in total. The van der Waals surface area contributed by atoms with Gasteiger partial charge in [0.1, 0.15) is 5.82 Å². The van der Waals surface area contributed by atoms with Crippen LogP contribution in [0.2, 0.25) is 0 Å². The van der Waals surface area contributed by atoms with Crippen LogP contribution in [0.5, 0.6) is 5.88 Å². The number of halogens is 1. The van der Waals surface area contributed by atoms with Crippen LogP contribution in [0.1, 0.15) is 17.5 Å². The van der Waals surface area contributed by atoms with Crippen molar-refractivity contribution in [2.45, 2.75) is 31.3 Å². The number of rotatable bonds is 5. The van der Waals surface area contributed by atoms with Crippen LogP contribution >= 0.6 is 0 Å². The number of likely N-dealkylation sites (N-methyl/N-ethyl adjacent to an activating group) is 1. The van der Waals surface area contributed by atoms with Gasteiger partial charge in [-0.15, -0.1) is 0 Å². The molecule has 3 heterocycles. The third-order valence-electron chi connectivity index (χ3n) is 6.59. The Bertz CT molecular complexity index is 1200. The number of likely N-dealkylation sites (tertiary alicyclic amines) is 1. The number of fused-ring (bicyclic) bond motifs is 2. The number of carbonyl (C=O) groups is 1. The quantitative estimate of drug-likeness (QED) is 0.703. The molecular formula is C21H24FN5O4S. The summed E-state index contributed by atoms with van der Waals surface area (Å²) < 4.78 is 48.8. The number of benzene rings is 1. The van der Waals surface area contributed by atoms with Gasteiger partial charge in [0.2, 0.25) is 5.88 Å². The van der Waals surface area contributed by atoms with Gasteiger partial charge >= 0.3 is 16.2 Å². The number of nitrogens with zero attached hydrogens (tertiary/aromatic N) is 3. The minimum Gasteiger partial charge on any atom is -0.481 e. The minimum absolute atomic E-state index is 0.0970. The number of carbonyl (C=O) groups excluding carboxylic acids is 1. The highest BCUT2D eigenvalue weighted by Gasteiger charge is 2.54. The Hall–Kier alpha value is -2.76. The normalized spacial score (nSPS) is 22.3. The smallest absolute Gasteiger partial charge is 0.333 e. The summed E-state index contributed by atoms with van der Waals surface area (Å²) in [6.45, 7) is 1.00. The summed E-state index contributed by atoms with van der Waals surface area (Å²) in [5.41, 5.74) is 2.70. The fourth-order valence-electron chi connectivity index (χ4n) is 4.82. The van der Waals surface area contributed by atoms with E-state index < -0.39 is 16.2 Å². The van der Waals surface area contributed by atoms with Crippen molar-refractivity contribution in [2.24, 2.45) is 0 Å². The Morgan fingerprint density at radius 3 is 2.69 bits per heavy atom. The average Bonchev–Trinajstić information content (AvgIpc) is 3.24. The van der Waals surface area contributed by atoms with Gasteiger partial charge in [-0.05, 0) is 55.1 Å². The van der Waals surface area contributed by atoms with Crippen LogP contribution in [0.25, 0.3) is 11.1 Å². The fraction of sp³-hybridized carbons (Fsp3) is 0.429. The third-order valence-corrected chi connectivity index (χ3v) is 8.08. The summed E-state index contributed by atoms with van der Waals surface area (Å²) in [6, 6.07) is 3.94. The summed E-state index contributed by atoms with van der Waals surface area (Å²) in [5, 5.41) is 2.69. The molecule has 2 amide bonds. The number of anilines is 1. The van der Waals surface area contributed by atoms with Gasteiger partial charge in [0, 0.05) is 37.0 Å². The van der Waals surface area contributed by atoms with Crippen LogP contribution in [0, 0.1) is 5.82 Å². The third kappa shape index (κ3) is 3.40. The number of nitrogens with one attached hydrogen (secondary N) is 2. The molecule has 3 aliphatic rings. The van der Waals surface area contributed by atoms with Crippen molar-refractivity contribution in [2.75, 3.05) is 32.6 Å². The predicted octanol–water partition coefficient (Wildman–Crippen LogP) is 1.75. The zero-order valence-corrected chi connectivity index (χ0v) is 18.6. The molecule has 11 heteroatoms. The summed E-state index contributed by atoms with van der Waals surface area (Å²) in [7, 11) is -0.547. The van der Waals surface area contributed by atoms with Gasteiger partial charge in [0.05, 0.1) is 18.8 Å². The highest BCUT2D eigenvalue weighted by Crippen LogP contribution is 2.40. The number of aromatic nitrogens is 1. The summed E-state index contributed by atoms with van der Waals surface area (Å²) in [6.07, 6.45) is 3.45. The lowest BCUT2D eigenvalue weighted by Crippen LogP contribution is -2.79. The maximum atomic E-state index is 14.8. The molecule has 2 atom stereocenters. The van der Waals surface area contributed by atoms with Crippen molar-refractivity contribution >= 4 is 21.9 Å². The van der Waals surface area contributed by atoms with E-state index in [4.69, 9.17) is 4.74 Å². The summed E-state index contributed by atoms with van der Waals surface area (Å²) >= 11 is 0. The Balaban J connectivity index is 1.44. The Morgan fingerprint density at radius 2 is 2.00 bits per heavy atom. The molecule has 2 unspecified atom stereocenters. The average molecular weight is 462 g/mol. The highest BCUT2D eigenvalue weighted by molar-refractivity contribution is 7.87. The molecule has 2 fully saturated rings. The lowest BCUT2D eigenvalue weighted by molar-refractivity contribution is -0.0620. The monoisotopic (exact) mass is 461 g/mol. The second-order valence-electron chi connectivity index (χ2n) is 8.38. The highest BCUT2D eigenvalue weighted by atomic mass is 32.2. The van der Waals surface area contributed by atoms with E-state index in [2.05, 4.69) is 19.9 Å². The molecule has 2 saturated heterocycles. The van der Waals surface area contributed by atoms with E-state index >= 15 is 0 Å². The lowest BCUT2D eigenvalue weighted by atomic mass is 9.90. The van der Waals surface area contributed by atoms with E-state index in [0.717, 1.165) is 6.42 Å². The zero-order valence-electron chi connectivity index (χ0n) is 17.8. The Labute approximate surface area is 185 Å². The van der Waals surface area contributed by atoms with Crippen LogP contribution in [0.4, 0.5) is 14.9 Å². The van der Waals surface area contributed by atoms with Crippen molar-refractivity contribution in [1.29, 1.82) is 0 Å². The summed E-state index contributed by atoms with van der Waals surface area (Å²) in [4.78, 5) is 18.9. The number of ether oxygens (including phenoxy) is 1. The topological polar surface area (TPSA) is 104 Å². The first-order chi connectivity index (χ1) is 15.3. The van der Waals surface area contributed by atoms with Crippen LogP contribution in [-0.2, 0) is 23.1 Å². The lowest BCUT2D eigenvalue weighted by Gasteiger charge is -2.59. The van der Waals surface area contributed by atoms with Crippen molar-refractivity contribution in [3.63, 3.8) is 0 Å². The number of pyridine rings is 1. The van der Waals surface area contributed by atoms with E-state index in [9.17, 15) is 17.6 Å². The summed E-state index contributed by atoms with van der Waals surface area (Å²) in [5.74, 6) is 0.00164. The van der Waals surface area contributed by atoms with Crippen LogP contribution in [-0.4, -0.2) is 68.0 Å². The molecule has 1 aromatic carbocycles. The largest absolute Gasteiger partial charge is 0.481 e. The number of hydrogen-bond acceptors (Lipinski definition) is 6. The van der Waals surface area contributed by atoms with Crippen molar-refractivity contribution < 1.29 is 22.3 Å². The maximum absolute atomic E-state index is 14.8. The molecule has 0 bridgehead atoms. The van der Waals surface area contributed by atoms with E-state index in [1.165, 1.54) is 23.7 Å².